The average Bonchev–Trinajstić information content (AvgIpc) is 1.81. The van der Waals surface area contributed by atoms with Crippen LogP contribution in [0.1, 0.15) is 22.6 Å². The summed E-state index contributed by atoms with van der Waals surface area (Å²) in [5.41, 5.74) is 0. The van der Waals surface area contributed by atoms with Gasteiger partial charge in [0.15, 0.2) is 0 Å². The Balaban J connectivity index is -0.0000000817. The zero-order valence-corrected chi connectivity index (χ0v) is 7.51. The molecule has 0 amide bonds. The van der Waals surface area contributed by atoms with Gasteiger partial charge in [0.05, 0.1) is 0 Å². The van der Waals surface area contributed by atoms with Gasteiger partial charge >= 0.3 is 23.1 Å². The molecule has 0 saturated carbocycles. The molecule has 0 aromatic heterocycles. The standard InChI is InChI=1S/C6H14O2.Mg.2H/c1-2-5-8-6-3-4-7;;;/h7H,2-6H2,1H3;;;/q;+2;2*-1. The van der Waals surface area contributed by atoms with Gasteiger partial charge in [-0.25, -0.2) is 0 Å². The number of aliphatic hydroxyl groups is 1. The SMILES string of the molecule is CCCOCCCO.[H-].[H-].[Mg+2]. The van der Waals surface area contributed by atoms with E-state index in [0.717, 1.165) is 19.4 Å². The third-order valence-electron chi connectivity index (χ3n) is 0.795. The van der Waals surface area contributed by atoms with Crippen molar-refractivity contribution >= 4 is 23.1 Å². The van der Waals surface area contributed by atoms with Crippen molar-refractivity contribution in [2.75, 3.05) is 19.8 Å². The molecule has 0 radical (unpaired) electrons. The fraction of sp³-hybridized carbons (Fsp3) is 1.00. The van der Waals surface area contributed by atoms with Crippen LogP contribution in [0.4, 0.5) is 0 Å². The topological polar surface area (TPSA) is 29.5 Å². The third kappa shape index (κ3) is 12.0. The van der Waals surface area contributed by atoms with Crippen molar-refractivity contribution in [3.8, 4) is 0 Å². The van der Waals surface area contributed by atoms with Gasteiger partial charge in [0.25, 0.3) is 0 Å². The second-order valence-electron chi connectivity index (χ2n) is 1.69. The zero-order valence-electron chi connectivity index (χ0n) is 8.10. The second-order valence-corrected chi connectivity index (χ2v) is 1.69. The maximum Gasteiger partial charge on any atom is 2.00 e. The van der Waals surface area contributed by atoms with E-state index in [1.165, 1.54) is 0 Å². The Bertz CT molecular complexity index is 43.6. The molecule has 0 rings (SSSR count). The van der Waals surface area contributed by atoms with E-state index in [4.69, 9.17) is 9.84 Å². The number of hydrogen-bond acceptors (Lipinski definition) is 2. The molecule has 0 aromatic rings. The fourth-order valence-corrected chi connectivity index (χ4v) is 0.413. The summed E-state index contributed by atoms with van der Waals surface area (Å²) >= 11 is 0. The third-order valence-corrected chi connectivity index (χ3v) is 0.795. The molecule has 0 atom stereocenters. The van der Waals surface area contributed by atoms with E-state index in [-0.39, 0.29) is 32.5 Å². The van der Waals surface area contributed by atoms with E-state index in [1.54, 1.807) is 0 Å². The van der Waals surface area contributed by atoms with Crippen LogP contribution in [0.15, 0.2) is 0 Å². The first kappa shape index (κ1) is 12.4. The summed E-state index contributed by atoms with van der Waals surface area (Å²) in [7, 11) is 0. The van der Waals surface area contributed by atoms with Crippen LogP contribution in [0.25, 0.3) is 0 Å². The van der Waals surface area contributed by atoms with Crippen LogP contribution in [-0.4, -0.2) is 48.0 Å². The Kier molecular flexibility index (Phi) is 15.8. The van der Waals surface area contributed by atoms with Crippen molar-refractivity contribution in [1.29, 1.82) is 0 Å². The van der Waals surface area contributed by atoms with Crippen molar-refractivity contribution in [1.82, 2.24) is 0 Å². The summed E-state index contributed by atoms with van der Waals surface area (Å²) in [6.45, 7) is 3.83. The molecule has 9 heavy (non-hydrogen) atoms. The van der Waals surface area contributed by atoms with Crippen molar-refractivity contribution in [3.05, 3.63) is 0 Å². The van der Waals surface area contributed by atoms with Gasteiger partial charge in [-0.2, -0.15) is 0 Å². The minimum absolute atomic E-state index is 0. The monoisotopic (exact) mass is 144 g/mol. The molecule has 3 heteroatoms. The summed E-state index contributed by atoms with van der Waals surface area (Å²) in [5, 5.41) is 8.29. The van der Waals surface area contributed by atoms with E-state index in [9.17, 15) is 0 Å². The number of aliphatic hydroxyl groups excluding tert-OH is 1. The Morgan fingerprint density at radius 1 is 1.44 bits per heavy atom. The molecule has 2 nitrogen and oxygen atoms in total. The van der Waals surface area contributed by atoms with Crippen LogP contribution in [0.5, 0.6) is 0 Å². The first-order valence-electron chi connectivity index (χ1n) is 3.10. The predicted molar refractivity (Wildman–Crippen MR) is 40.8 cm³/mol. The average molecular weight is 144 g/mol. The number of ether oxygens (including phenoxy) is 1. The Morgan fingerprint density at radius 2 is 2.11 bits per heavy atom. The van der Waals surface area contributed by atoms with Gasteiger partial charge in [0, 0.05) is 19.8 Å². The van der Waals surface area contributed by atoms with Gasteiger partial charge in [0.1, 0.15) is 0 Å². The molecule has 0 aromatic carbocycles. The number of rotatable bonds is 5. The van der Waals surface area contributed by atoms with Crippen LogP contribution in [0.2, 0.25) is 0 Å². The summed E-state index contributed by atoms with van der Waals surface area (Å²) < 4.78 is 5.06. The molecule has 0 bridgehead atoms. The van der Waals surface area contributed by atoms with Crippen LogP contribution < -0.4 is 0 Å². The molecule has 0 fully saturated rings. The number of hydrogen-bond donors (Lipinski definition) is 1. The van der Waals surface area contributed by atoms with E-state index in [0.29, 0.717) is 6.61 Å². The molecule has 0 spiro atoms. The molecule has 1 N–H and O–H groups in total. The minimum atomic E-state index is 0. The van der Waals surface area contributed by atoms with Gasteiger partial charge in [-0.1, -0.05) is 6.92 Å². The van der Waals surface area contributed by atoms with E-state index in [2.05, 4.69) is 6.92 Å². The molecular formula is C6H16MgO2. The fourth-order valence-electron chi connectivity index (χ4n) is 0.413. The molecule has 0 unspecified atom stereocenters. The molecule has 0 aliphatic heterocycles. The van der Waals surface area contributed by atoms with Crippen molar-refractivity contribution in [3.63, 3.8) is 0 Å². The summed E-state index contributed by atoms with van der Waals surface area (Å²) in [6.07, 6.45) is 1.82. The van der Waals surface area contributed by atoms with E-state index in [1.807, 2.05) is 0 Å². The Hall–Kier alpha value is 0.686. The second kappa shape index (κ2) is 11.5. The van der Waals surface area contributed by atoms with Gasteiger partial charge in [-0.3, -0.25) is 0 Å². The van der Waals surface area contributed by atoms with Crippen LogP contribution in [0, 0.1) is 0 Å². The van der Waals surface area contributed by atoms with E-state index >= 15 is 0 Å². The van der Waals surface area contributed by atoms with Crippen LogP contribution >= 0.6 is 0 Å². The smallest absolute Gasteiger partial charge is 1.00 e. The first-order valence-corrected chi connectivity index (χ1v) is 3.10. The minimum Gasteiger partial charge on any atom is -1.00 e. The molecule has 0 saturated heterocycles. The molecule has 0 aliphatic rings. The van der Waals surface area contributed by atoms with Gasteiger partial charge in [-0.05, 0) is 12.8 Å². The van der Waals surface area contributed by atoms with Crippen LogP contribution in [-0.2, 0) is 4.74 Å². The van der Waals surface area contributed by atoms with E-state index < -0.39 is 0 Å². The summed E-state index contributed by atoms with van der Waals surface area (Å²) in [6, 6.07) is 0. The maximum atomic E-state index is 8.29. The normalized spacial score (nSPS) is 8.67. The Morgan fingerprint density at radius 3 is 2.56 bits per heavy atom. The quantitative estimate of drug-likeness (QED) is 0.453. The molecule has 0 aliphatic carbocycles. The maximum absolute atomic E-state index is 8.29. The zero-order chi connectivity index (χ0) is 6.24. The predicted octanol–water partition coefficient (Wildman–Crippen LogP) is 0.640. The van der Waals surface area contributed by atoms with Gasteiger partial charge < -0.3 is 12.7 Å². The summed E-state index contributed by atoms with van der Waals surface area (Å²) in [4.78, 5) is 0. The summed E-state index contributed by atoms with van der Waals surface area (Å²) in [5.74, 6) is 0. The van der Waals surface area contributed by atoms with Gasteiger partial charge in [-0.15, -0.1) is 0 Å². The molecular weight excluding hydrogens is 128 g/mol. The van der Waals surface area contributed by atoms with Gasteiger partial charge in [0.2, 0.25) is 0 Å². The van der Waals surface area contributed by atoms with Crippen molar-refractivity contribution in [2.24, 2.45) is 0 Å². The van der Waals surface area contributed by atoms with Crippen molar-refractivity contribution < 1.29 is 12.7 Å². The molecule has 54 valence electrons. The largest absolute Gasteiger partial charge is 2.00 e. The first-order chi connectivity index (χ1) is 3.91. The Labute approximate surface area is 75.7 Å². The molecule has 0 heterocycles. The van der Waals surface area contributed by atoms with Crippen molar-refractivity contribution in [2.45, 2.75) is 19.8 Å². The van der Waals surface area contributed by atoms with Crippen LogP contribution in [0.3, 0.4) is 0 Å².